The number of fused-ring (bicyclic) bond motifs is 1. The van der Waals surface area contributed by atoms with Crippen LogP contribution in [-0.4, -0.2) is 58.0 Å². The normalized spacial score (nSPS) is 38.7. The lowest BCUT2D eigenvalue weighted by Crippen LogP contribution is -2.61. The minimum absolute atomic E-state index is 0. The third kappa shape index (κ3) is 10.9. The van der Waals surface area contributed by atoms with Gasteiger partial charge in [0.1, 0.15) is 23.4 Å². The highest BCUT2D eigenvalue weighted by Crippen LogP contribution is 2.64. The standard InChI is InChI=1S/C18H30O2.C16H26O3.C13H18O4.6CH4/c1-5-12(2)16(19)20-17(3,4)18-9-13-6-14(10-18)8-15(7-13)11-18;1-4-14(2,3)13(17)19-16-8-11-5-12(9-16)7-15(18,6-11)10-16;1-3-6(2)12(14)16-10-7-4-8-9(5-7)13(15)17-11(8)10;;;;;;/h12-15H,5-11H2,1-4H3;11-12,18H,4-10H2,1-3H3;6-11H,3-5H2,1-2H3;6*1H4. The van der Waals surface area contributed by atoms with E-state index in [1.165, 1.54) is 44.9 Å². The molecule has 9 unspecified atom stereocenters. The van der Waals surface area contributed by atoms with Crippen molar-refractivity contribution in [3.05, 3.63) is 0 Å². The molecular formula is C53H98O9. The summed E-state index contributed by atoms with van der Waals surface area (Å²) >= 11 is 0. The number of esters is 4. The lowest BCUT2D eigenvalue weighted by atomic mass is 9.46. The van der Waals surface area contributed by atoms with E-state index in [0.29, 0.717) is 30.1 Å². The first-order valence-electron chi connectivity index (χ1n) is 22.8. The minimum atomic E-state index is -0.555. The van der Waals surface area contributed by atoms with Crippen LogP contribution in [0.4, 0.5) is 0 Å². The number of carbonyl (C=O) groups excluding carboxylic acids is 4. The van der Waals surface area contributed by atoms with Gasteiger partial charge in [-0.05, 0) is 160 Å². The highest BCUT2D eigenvalue weighted by Gasteiger charge is 2.64. The van der Waals surface area contributed by atoms with E-state index in [4.69, 9.17) is 18.9 Å². The predicted molar refractivity (Wildman–Crippen MR) is 252 cm³/mol. The van der Waals surface area contributed by atoms with E-state index >= 15 is 0 Å². The first-order chi connectivity index (χ1) is 26.2. The van der Waals surface area contributed by atoms with Crippen LogP contribution >= 0.6 is 0 Å². The summed E-state index contributed by atoms with van der Waals surface area (Å²) in [6.45, 7) is 18.2. The summed E-state index contributed by atoms with van der Waals surface area (Å²) in [5, 5.41) is 10.6. The van der Waals surface area contributed by atoms with Gasteiger partial charge in [0, 0.05) is 23.7 Å². The summed E-state index contributed by atoms with van der Waals surface area (Å²) in [6.07, 6.45) is 17.8. The molecule has 1 N–H and O–H groups in total. The van der Waals surface area contributed by atoms with Gasteiger partial charge >= 0.3 is 23.9 Å². The van der Waals surface area contributed by atoms with Crippen molar-refractivity contribution < 1.29 is 43.2 Å². The molecule has 0 aromatic carbocycles. The molecule has 1 aliphatic heterocycles. The zero-order valence-electron chi connectivity index (χ0n) is 36.2. The fourth-order valence-electron chi connectivity index (χ4n) is 13.7. The Morgan fingerprint density at radius 2 is 1.19 bits per heavy atom. The number of hydrogen-bond acceptors (Lipinski definition) is 9. The van der Waals surface area contributed by atoms with E-state index in [1.54, 1.807) is 0 Å². The van der Waals surface area contributed by atoms with Crippen LogP contribution in [0.5, 0.6) is 0 Å². The van der Waals surface area contributed by atoms with E-state index in [-0.39, 0.29) is 115 Å². The van der Waals surface area contributed by atoms with Crippen LogP contribution in [0.3, 0.4) is 0 Å². The Morgan fingerprint density at radius 1 is 0.710 bits per heavy atom. The van der Waals surface area contributed by atoms with Gasteiger partial charge in [-0.15, -0.1) is 0 Å². The molecule has 11 rings (SSSR count). The van der Waals surface area contributed by atoms with Crippen molar-refractivity contribution in [2.24, 2.45) is 70.0 Å². The number of rotatable bonds is 10. The quantitative estimate of drug-likeness (QED) is 0.169. The number of carbonyl (C=O) groups is 4. The maximum atomic E-state index is 12.4. The Morgan fingerprint density at radius 3 is 1.66 bits per heavy atom. The van der Waals surface area contributed by atoms with Crippen molar-refractivity contribution in [3.63, 3.8) is 0 Å². The lowest BCUT2D eigenvalue weighted by Gasteiger charge is -2.61. The van der Waals surface area contributed by atoms with Crippen molar-refractivity contribution in [1.82, 2.24) is 0 Å². The van der Waals surface area contributed by atoms with Crippen molar-refractivity contribution >= 4 is 23.9 Å². The maximum Gasteiger partial charge on any atom is 0.312 e. The summed E-state index contributed by atoms with van der Waals surface area (Å²) in [7, 11) is 0. The summed E-state index contributed by atoms with van der Waals surface area (Å²) in [6, 6.07) is 0. The van der Waals surface area contributed by atoms with E-state index in [0.717, 1.165) is 75.5 Å². The van der Waals surface area contributed by atoms with Crippen LogP contribution in [0.2, 0.25) is 0 Å². The third-order valence-electron chi connectivity index (χ3n) is 17.1. The molecule has 10 bridgehead atoms. The van der Waals surface area contributed by atoms with Gasteiger partial charge in [-0.2, -0.15) is 0 Å². The van der Waals surface area contributed by atoms with Gasteiger partial charge < -0.3 is 24.1 Å². The van der Waals surface area contributed by atoms with Crippen molar-refractivity contribution in [1.29, 1.82) is 0 Å². The molecule has 11 fully saturated rings. The van der Waals surface area contributed by atoms with Gasteiger partial charge in [0.05, 0.1) is 28.8 Å². The fourth-order valence-corrected chi connectivity index (χ4v) is 13.7. The largest absolute Gasteiger partial charge is 0.459 e. The summed E-state index contributed by atoms with van der Waals surface area (Å²) < 4.78 is 22.9. The first kappa shape index (κ1) is 57.9. The van der Waals surface area contributed by atoms with Crippen LogP contribution in [0.15, 0.2) is 0 Å². The number of ether oxygens (including phenoxy) is 4. The van der Waals surface area contributed by atoms with Gasteiger partial charge in [0.2, 0.25) is 0 Å². The van der Waals surface area contributed by atoms with E-state index < -0.39 is 11.0 Å². The van der Waals surface area contributed by atoms with Gasteiger partial charge in [0.25, 0.3) is 0 Å². The van der Waals surface area contributed by atoms with Crippen molar-refractivity contribution in [2.75, 3.05) is 0 Å². The van der Waals surface area contributed by atoms with Crippen molar-refractivity contribution in [3.8, 4) is 0 Å². The molecule has 0 amide bonds. The smallest absolute Gasteiger partial charge is 0.312 e. The molecule has 1 saturated heterocycles. The Balaban J connectivity index is 0.000000445. The summed E-state index contributed by atoms with van der Waals surface area (Å²) in [5.74, 6) is 4.23. The Kier molecular flexibility index (Phi) is 19.6. The topological polar surface area (TPSA) is 125 Å². The van der Waals surface area contributed by atoms with Crippen LogP contribution in [0, 0.1) is 70.0 Å². The Bertz CT molecular complexity index is 1460. The molecule has 9 atom stereocenters. The average molecular weight is 879 g/mol. The molecule has 9 nitrogen and oxygen atoms in total. The molecule has 10 aliphatic carbocycles. The molecule has 0 spiro atoms. The zero-order valence-corrected chi connectivity index (χ0v) is 36.2. The molecule has 9 heteroatoms. The second-order valence-electron chi connectivity index (χ2n) is 22.0. The molecule has 10 saturated carbocycles. The highest BCUT2D eigenvalue weighted by molar-refractivity contribution is 5.78. The maximum absolute atomic E-state index is 12.4. The van der Waals surface area contributed by atoms with Crippen LogP contribution in [-0.2, 0) is 38.1 Å². The zero-order chi connectivity index (χ0) is 40.6. The van der Waals surface area contributed by atoms with Crippen molar-refractivity contribution in [2.45, 2.75) is 245 Å². The number of aliphatic hydroxyl groups is 1. The first-order valence-corrected chi connectivity index (χ1v) is 22.8. The van der Waals surface area contributed by atoms with Gasteiger partial charge in [-0.3, -0.25) is 19.2 Å². The fraction of sp³-hybridized carbons (Fsp3) is 0.925. The SMILES string of the molecule is C.C.C.C.C.C.CCC(C)(C)C(=O)OC12CC3CC(CC(O)(C3)C1)C2.CCC(C)C(=O)OC(C)(C)C12CC3CC(CC(C3)C1)C2.CCC(C)C(=O)OC1C2CC3C(=O)OC1C3C2. The van der Waals surface area contributed by atoms with Gasteiger partial charge in [-0.25, -0.2) is 0 Å². The minimum Gasteiger partial charge on any atom is -0.459 e. The van der Waals surface area contributed by atoms with Crippen LogP contribution in [0.1, 0.15) is 216 Å². The molecule has 11 aliphatic rings. The number of hydrogen-bond donors (Lipinski definition) is 1. The third-order valence-corrected chi connectivity index (χ3v) is 17.1. The summed E-state index contributed by atoms with van der Waals surface area (Å²) in [4.78, 5) is 48.0. The second-order valence-corrected chi connectivity index (χ2v) is 22.0. The highest BCUT2D eigenvalue weighted by atomic mass is 16.6. The lowest BCUT2D eigenvalue weighted by molar-refractivity contribution is -0.225. The average Bonchev–Trinajstić information content (AvgIpc) is 3.75. The molecule has 1 heterocycles. The molecule has 364 valence electrons. The van der Waals surface area contributed by atoms with Crippen LogP contribution < -0.4 is 0 Å². The summed E-state index contributed by atoms with van der Waals surface area (Å²) in [5.41, 5.74) is -1.34. The molecule has 0 aromatic heterocycles. The van der Waals surface area contributed by atoms with Gasteiger partial charge in [-0.1, -0.05) is 79.2 Å². The van der Waals surface area contributed by atoms with Gasteiger partial charge in [0.15, 0.2) is 0 Å². The monoisotopic (exact) mass is 879 g/mol. The molecule has 62 heavy (non-hydrogen) atoms. The molecular weight excluding hydrogens is 781 g/mol. The predicted octanol–water partition coefficient (Wildman–Crippen LogP) is 13.0. The van der Waals surface area contributed by atoms with E-state index in [9.17, 15) is 24.3 Å². The molecule has 0 radical (unpaired) electrons. The van der Waals surface area contributed by atoms with E-state index in [1.807, 2.05) is 41.5 Å². The van der Waals surface area contributed by atoms with E-state index in [2.05, 4.69) is 20.8 Å². The Labute approximate surface area is 381 Å². The van der Waals surface area contributed by atoms with Crippen LogP contribution in [0.25, 0.3) is 0 Å². The Hall–Kier alpha value is -2.16. The molecule has 0 aromatic rings. The second kappa shape index (κ2) is 21.0.